The Labute approximate surface area is 167 Å². The normalized spacial score (nSPS) is 10.4. The topological polar surface area (TPSA) is 96.9 Å². The molecule has 0 radical (unpaired) electrons. The highest BCUT2D eigenvalue weighted by Crippen LogP contribution is 2.09. The lowest BCUT2D eigenvalue weighted by Crippen LogP contribution is -2.28. The van der Waals surface area contributed by atoms with Crippen molar-refractivity contribution >= 4 is 11.8 Å². The molecule has 3 rings (SSSR count). The lowest BCUT2D eigenvalue weighted by molar-refractivity contribution is 0.0945. The van der Waals surface area contributed by atoms with Gasteiger partial charge in [0.2, 0.25) is 0 Å². The van der Waals surface area contributed by atoms with E-state index in [-0.39, 0.29) is 29.7 Å². The molecule has 2 N–H and O–H groups in total. The number of aryl methyl sites for hydroxylation is 1. The second-order valence-electron chi connectivity index (χ2n) is 6.42. The molecule has 0 aliphatic heterocycles. The van der Waals surface area contributed by atoms with Crippen LogP contribution >= 0.6 is 0 Å². The molecule has 2 aromatic heterocycles. The monoisotopic (exact) mass is 393 g/mol. The van der Waals surface area contributed by atoms with Crippen LogP contribution in [0.5, 0.6) is 0 Å². The number of carbonyl (C=O) groups is 2. The molecule has 0 bridgehead atoms. The Hall–Kier alpha value is -3.68. The van der Waals surface area contributed by atoms with Crippen molar-refractivity contribution < 1.29 is 14.0 Å². The number of pyridine rings is 1. The summed E-state index contributed by atoms with van der Waals surface area (Å²) < 4.78 is 13.3. The van der Waals surface area contributed by atoms with Gasteiger partial charge in [0.05, 0.1) is 0 Å². The fraction of sp³-hybridized carbons (Fsp3) is 0.190. The minimum absolute atomic E-state index is 0.0799. The van der Waals surface area contributed by atoms with Gasteiger partial charge in [0.25, 0.3) is 11.8 Å². The predicted octanol–water partition coefficient (Wildman–Crippen LogP) is 2.22. The number of hydrogen-bond acceptors (Lipinski definition) is 5. The summed E-state index contributed by atoms with van der Waals surface area (Å²) in [7, 11) is 0. The van der Waals surface area contributed by atoms with Gasteiger partial charge in [0.15, 0.2) is 0 Å². The van der Waals surface area contributed by atoms with Crippen molar-refractivity contribution in [2.45, 2.75) is 19.9 Å². The van der Waals surface area contributed by atoms with Crippen molar-refractivity contribution in [2.75, 3.05) is 6.54 Å². The van der Waals surface area contributed by atoms with E-state index < -0.39 is 5.91 Å². The molecule has 8 heteroatoms. The maximum absolute atomic E-state index is 13.3. The van der Waals surface area contributed by atoms with E-state index in [0.717, 1.165) is 11.1 Å². The van der Waals surface area contributed by atoms with Crippen LogP contribution in [0.3, 0.4) is 0 Å². The molecule has 0 atom stereocenters. The Kier molecular flexibility index (Phi) is 6.57. The Morgan fingerprint density at radius 1 is 1.00 bits per heavy atom. The SMILES string of the molecule is Cc1cc(CNC(=O)c2cc(C(=O)NCCc3cccnc3)ncn2)ccc1F. The molecule has 0 saturated heterocycles. The number of hydrogen-bond donors (Lipinski definition) is 2. The number of nitrogens with zero attached hydrogens (tertiary/aromatic N) is 3. The van der Waals surface area contributed by atoms with E-state index in [9.17, 15) is 14.0 Å². The van der Waals surface area contributed by atoms with E-state index in [1.165, 1.54) is 18.5 Å². The summed E-state index contributed by atoms with van der Waals surface area (Å²) in [4.78, 5) is 36.5. The average molecular weight is 393 g/mol. The Bertz CT molecular complexity index is 1010. The molecule has 0 aliphatic carbocycles. The van der Waals surface area contributed by atoms with Crippen molar-refractivity contribution in [1.29, 1.82) is 0 Å². The van der Waals surface area contributed by atoms with Crippen LogP contribution in [-0.4, -0.2) is 33.3 Å². The van der Waals surface area contributed by atoms with Crippen LogP contribution in [0.4, 0.5) is 4.39 Å². The summed E-state index contributed by atoms with van der Waals surface area (Å²) in [5, 5.41) is 5.46. The lowest BCUT2D eigenvalue weighted by atomic mass is 10.1. The van der Waals surface area contributed by atoms with E-state index in [4.69, 9.17) is 0 Å². The summed E-state index contributed by atoms with van der Waals surface area (Å²) in [6.07, 6.45) is 5.23. The van der Waals surface area contributed by atoms with Crippen LogP contribution < -0.4 is 10.6 Å². The smallest absolute Gasteiger partial charge is 0.270 e. The highest BCUT2D eigenvalue weighted by molar-refractivity contribution is 5.97. The van der Waals surface area contributed by atoms with Crippen LogP contribution in [0.2, 0.25) is 0 Å². The van der Waals surface area contributed by atoms with Crippen LogP contribution in [0.1, 0.15) is 37.7 Å². The number of rotatable bonds is 7. The first-order valence-electron chi connectivity index (χ1n) is 9.05. The van der Waals surface area contributed by atoms with Gasteiger partial charge < -0.3 is 10.6 Å². The molecular weight excluding hydrogens is 373 g/mol. The summed E-state index contributed by atoms with van der Waals surface area (Å²) >= 11 is 0. The van der Waals surface area contributed by atoms with Crippen LogP contribution in [0.15, 0.2) is 55.1 Å². The molecule has 2 amide bonds. The third-order valence-electron chi connectivity index (χ3n) is 4.23. The summed E-state index contributed by atoms with van der Waals surface area (Å²) in [6.45, 7) is 2.29. The highest BCUT2D eigenvalue weighted by atomic mass is 19.1. The Morgan fingerprint density at radius 3 is 2.45 bits per heavy atom. The third kappa shape index (κ3) is 5.65. The van der Waals surface area contributed by atoms with Gasteiger partial charge in [0, 0.05) is 31.5 Å². The van der Waals surface area contributed by atoms with Gasteiger partial charge in [-0.15, -0.1) is 0 Å². The van der Waals surface area contributed by atoms with Gasteiger partial charge in [0.1, 0.15) is 23.5 Å². The van der Waals surface area contributed by atoms with E-state index >= 15 is 0 Å². The van der Waals surface area contributed by atoms with Gasteiger partial charge in [-0.1, -0.05) is 18.2 Å². The van der Waals surface area contributed by atoms with Gasteiger partial charge in [-0.05, 0) is 42.2 Å². The fourth-order valence-electron chi connectivity index (χ4n) is 2.65. The zero-order valence-electron chi connectivity index (χ0n) is 15.9. The number of carbonyl (C=O) groups excluding carboxylic acids is 2. The molecule has 29 heavy (non-hydrogen) atoms. The molecule has 0 saturated carbocycles. The van der Waals surface area contributed by atoms with Crippen molar-refractivity contribution in [2.24, 2.45) is 0 Å². The van der Waals surface area contributed by atoms with Crippen LogP contribution in [-0.2, 0) is 13.0 Å². The zero-order valence-corrected chi connectivity index (χ0v) is 15.9. The fourth-order valence-corrected chi connectivity index (χ4v) is 2.65. The standard InChI is InChI=1S/C21H20FN5O2/c1-14-9-16(4-5-17(14)22)12-25-21(29)19-10-18(26-13-27-19)20(28)24-8-6-15-3-2-7-23-11-15/h2-5,7,9-11,13H,6,8,12H2,1H3,(H,24,28)(H,25,29). The summed E-state index contributed by atoms with van der Waals surface area (Å²) in [5.41, 5.74) is 2.46. The second kappa shape index (κ2) is 9.50. The third-order valence-corrected chi connectivity index (χ3v) is 4.23. The molecule has 0 spiro atoms. The average Bonchev–Trinajstić information content (AvgIpc) is 2.75. The minimum Gasteiger partial charge on any atom is -0.350 e. The van der Waals surface area contributed by atoms with Crippen molar-refractivity contribution in [1.82, 2.24) is 25.6 Å². The molecule has 0 fully saturated rings. The van der Waals surface area contributed by atoms with Gasteiger partial charge in [-0.2, -0.15) is 0 Å². The predicted molar refractivity (Wildman–Crippen MR) is 105 cm³/mol. The van der Waals surface area contributed by atoms with Gasteiger partial charge in [-0.3, -0.25) is 14.6 Å². The number of halogens is 1. The van der Waals surface area contributed by atoms with E-state index in [1.54, 1.807) is 31.5 Å². The second-order valence-corrected chi connectivity index (χ2v) is 6.42. The molecule has 1 aromatic carbocycles. The largest absolute Gasteiger partial charge is 0.350 e. The maximum Gasteiger partial charge on any atom is 0.270 e. The number of aromatic nitrogens is 3. The van der Waals surface area contributed by atoms with Crippen molar-refractivity contribution in [3.8, 4) is 0 Å². The summed E-state index contributed by atoms with van der Waals surface area (Å²) in [6, 6.07) is 9.72. The molecule has 2 heterocycles. The van der Waals surface area contributed by atoms with E-state index in [0.29, 0.717) is 18.5 Å². The molecular formula is C21H20FN5O2. The molecule has 0 unspecified atom stereocenters. The highest BCUT2D eigenvalue weighted by Gasteiger charge is 2.13. The summed E-state index contributed by atoms with van der Waals surface area (Å²) in [5.74, 6) is -1.13. The Balaban J connectivity index is 1.55. The lowest BCUT2D eigenvalue weighted by Gasteiger charge is -2.08. The number of nitrogens with one attached hydrogen (secondary N) is 2. The zero-order chi connectivity index (χ0) is 20.6. The molecule has 0 aliphatic rings. The molecule has 3 aromatic rings. The number of benzene rings is 1. The van der Waals surface area contributed by atoms with Crippen LogP contribution in [0, 0.1) is 12.7 Å². The minimum atomic E-state index is -0.446. The van der Waals surface area contributed by atoms with E-state index in [2.05, 4.69) is 25.6 Å². The first-order chi connectivity index (χ1) is 14.0. The molecule has 7 nitrogen and oxygen atoms in total. The van der Waals surface area contributed by atoms with Crippen LogP contribution in [0.25, 0.3) is 0 Å². The van der Waals surface area contributed by atoms with Crippen molar-refractivity contribution in [3.05, 3.63) is 89.0 Å². The maximum atomic E-state index is 13.3. The van der Waals surface area contributed by atoms with E-state index in [1.807, 2.05) is 12.1 Å². The quantitative estimate of drug-likeness (QED) is 0.642. The number of amides is 2. The van der Waals surface area contributed by atoms with Gasteiger partial charge >= 0.3 is 0 Å². The van der Waals surface area contributed by atoms with Gasteiger partial charge in [-0.25, -0.2) is 14.4 Å². The first kappa shape index (κ1) is 20.1. The van der Waals surface area contributed by atoms with Crippen molar-refractivity contribution in [3.63, 3.8) is 0 Å². The first-order valence-corrected chi connectivity index (χ1v) is 9.05. The Morgan fingerprint density at radius 2 is 1.76 bits per heavy atom. The molecule has 148 valence electrons.